The van der Waals surface area contributed by atoms with Gasteiger partial charge in [-0.2, -0.15) is 13.2 Å². The smallest absolute Gasteiger partial charge is 0.368 e. The first-order valence-electron chi connectivity index (χ1n) is 4.13. The van der Waals surface area contributed by atoms with Gasteiger partial charge in [-0.3, -0.25) is 4.79 Å². The monoisotopic (exact) mass is 222 g/mol. The molecule has 6 heteroatoms. The number of carbonyl (C=O) groups excluding carboxylic acids is 1. The van der Waals surface area contributed by atoms with E-state index >= 15 is 0 Å². The maximum absolute atomic E-state index is 12.0. The fourth-order valence-corrected chi connectivity index (χ4v) is 0.968. The summed E-state index contributed by atoms with van der Waals surface area (Å²) >= 11 is 0. The predicted molar refractivity (Wildman–Crippen MR) is 50.8 cm³/mol. The lowest BCUT2D eigenvalue weighted by Crippen LogP contribution is -2.31. The van der Waals surface area contributed by atoms with E-state index in [1.807, 2.05) is 0 Å². The Morgan fingerprint density at radius 3 is 2.40 bits per heavy atom. The van der Waals surface area contributed by atoms with E-state index in [1.165, 1.54) is 20.0 Å². The third-order valence-electron chi connectivity index (χ3n) is 1.80. The molecule has 3 nitrogen and oxygen atoms in total. The van der Waals surface area contributed by atoms with Gasteiger partial charge in [-0.05, 0) is 13.0 Å². The van der Waals surface area contributed by atoms with Gasteiger partial charge in [0, 0.05) is 12.7 Å². The largest absolute Gasteiger partial charge is 0.405 e. The van der Waals surface area contributed by atoms with Crippen molar-refractivity contribution in [2.45, 2.75) is 13.1 Å². The van der Waals surface area contributed by atoms with Gasteiger partial charge < -0.3 is 10.2 Å². The van der Waals surface area contributed by atoms with Crippen molar-refractivity contribution in [2.24, 2.45) is 0 Å². The summed E-state index contributed by atoms with van der Waals surface area (Å²) in [5, 5.41) is 2.27. The number of allylic oxidation sites excluding steroid dienone is 2. The molecule has 0 aromatic carbocycles. The average Bonchev–Trinajstić information content (AvgIpc) is 2.10. The molecule has 0 saturated carbocycles. The molecule has 15 heavy (non-hydrogen) atoms. The van der Waals surface area contributed by atoms with E-state index in [2.05, 4.69) is 11.9 Å². The molecule has 1 N–H and O–H groups in total. The standard InChI is InChI=1S/C9H13F3N2O/c1-4-8(13-6-15)7(2)14(3)5-9(10,11)12/h4,6H,1,5H2,2-3H3,(H,13,15). The van der Waals surface area contributed by atoms with Crippen molar-refractivity contribution in [1.82, 2.24) is 10.2 Å². The van der Waals surface area contributed by atoms with Crippen molar-refractivity contribution in [2.75, 3.05) is 13.6 Å². The van der Waals surface area contributed by atoms with Gasteiger partial charge in [-0.15, -0.1) is 0 Å². The molecule has 0 aromatic heterocycles. The lowest BCUT2D eigenvalue weighted by molar-refractivity contribution is -0.139. The summed E-state index contributed by atoms with van der Waals surface area (Å²) in [6.07, 6.45) is -2.60. The number of nitrogens with zero attached hydrogens (tertiary/aromatic N) is 1. The Hall–Kier alpha value is -1.46. The van der Waals surface area contributed by atoms with Crippen LogP contribution in [0.15, 0.2) is 24.0 Å². The molecule has 0 aliphatic rings. The topological polar surface area (TPSA) is 32.3 Å². The Morgan fingerprint density at radius 1 is 1.53 bits per heavy atom. The van der Waals surface area contributed by atoms with Gasteiger partial charge in [0.25, 0.3) is 0 Å². The highest BCUT2D eigenvalue weighted by molar-refractivity contribution is 5.52. The minimum absolute atomic E-state index is 0.261. The van der Waals surface area contributed by atoms with Crippen LogP contribution in [0.5, 0.6) is 0 Å². The van der Waals surface area contributed by atoms with Gasteiger partial charge in [0.2, 0.25) is 6.41 Å². The fourth-order valence-electron chi connectivity index (χ4n) is 0.968. The molecular weight excluding hydrogens is 209 g/mol. The normalized spacial score (nSPS) is 12.9. The molecule has 0 aliphatic heterocycles. The average molecular weight is 222 g/mol. The number of rotatable bonds is 5. The summed E-state index contributed by atoms with van der Waals surface area (Å²) in [5.74, 6) is 0. The number of nitrogens with one attached hydrogen (secondary N) is 1. The van der Waals surface area contributed by atoms with E-state index in [9.17, 15) is 18.0 Å². The van der Waals surface area contributed by atoms with Crippen LogP contribution in [0.4, 0.5) is 13.2 Å². The highest BCUT2D eigenvalue weighted by Gasteiger charge is 2.29. The summed E-state index contributed by atoms with van der Waals surface area (Å²) in [7, 11) is 1.29. The molecule has 0 radical (unpaired) electrons. The van der Waals surface area contributed by atoms with Crippen LogP contribution in [0.1, 0.15) is 6.92 Å². The van der Waals surface area contributed by atoms with Gasteiger partial charge in [-0.1, -0.05) is 6.58 Å². The summed E-state index contributed by atoms with van der Waals surface area (Å²) in [6, 6.07) is 0. The molecule has 0 spiro atoms. The zero-order valence-corrected chi connectivity index (χ0v) is 8.56. The van der Waals surface area contributed by atoms with Crippen molar-refractivity contribution in [1.29, 1.82) is 0 Å². The summed E-state index contributed by atoms with van der Waals surface area (Å²) in [4.78, 5) is 11.1. The maximum atomic E-state index is 12.0. The molecule has 0 rings (SSSR count). The third kappa shape index (κ3) is 5.09. The molecule has 0 saturated heterocycles. The molecule has 0 heterocycles. The zero-order valence-electron chi connectivity index (χ0n) is 8.56. The Kier molecular flexibility index (Phi) is 4.90. The number of amides is 1. The predicted octanol–water partition coefficient (Wildman–Crippen LogP) is 1.64. The van der Waals surface area contributed by atoms with Crippen LogP contribution in [-0.4, -0.2) is 31.1 Å². The molecule has 0 aliphatic carbocycles. The van der Waals surface area contributed by atoms with E-state index < -0.39 is 12.7 Å². The number of hydrogen-bond donors (Lipinski definition) is 1. The number of carbonyl (C=O) groups is 1. The quantitative estimate of drug-likeness (QED) is 0.566. The van der Waals surface area contributed by atoms with Gasteiger partial charge in [0.1, 0.15) is 6.54 Å². The van der Waals surface area contributed by atoms with Crippen molar-refractivity contribution in [3.8, 4) is 0 Å². The van der Waals surface area contributed by atoms with Crippen molar-refractivity contribution >= 4 is 6.41 Å². The van der Waals surface area contributed by atoms with E-state index in [-0.39, 0.29) is 5.70 Å². The Morgan fingerprint density at radius 2 is 2.07 bits per heavy atom. The molecule has 0 aromatic rings. The van der Waals surface area contributed by atoms with Crippen LogP contribution in [0.2, 0.25) is 0 Å². The van der Waals surface area contributed by atoms with Crippen LogP contribution in [0.3, 0.4) is 0 Å². The first-order valence-corrected chi connectivity index (χ1v) is 4.13. The number of alkyl halides is 3. The lowest BCUT2D eigenvalue weighted by atomic mass is 10.3. The Bertz CT molecular complexity index is 271. The summed E-state index contributed by atoms with van der Waals surface area (Å²) < 4.78 is 36.1. The number of hydrogen-bond acceptors (Lipinski definition) is 2. The fraction of sp³-hybridized carbons (Fsp3) is 0.444. The first kappa shape index (κ1) is 13.5. The third-order valence-corrected chi connectivity index (χ3v) is 1.80. The molecule has 0 unspecified atom stereocenters. The second kappa shape index (κ2) is 5.43. The molecule has 86 valence electrons. The summed E-state index contributed by atoms with van der Waals surface area (Å²) in [6.45, 7) is 3.79. The van der Waals surface area contributed by atoms with Gasteiger partial charge >= 0.3 is 6.18 Å². The van der Waals surface area contributed by atoms with Crippen LogP contribution in [-0.2, 0) is 4.79 Å². The lowest BCUT2D eigenvalue weighted by Gasteiger charge is -2.23. The van der Waals surface area contributed by atoms with E-state index in [0.717, 1.165) is 4.90 Å². The van der Waals surface area contributed by atoms with Crippen molar-refractivity contribution in [3.63, 3.8) is 0 Å². The van der Waals surface area contributed by atoms with Gasteiger partial charge in [0.15, 0.2) is 0 Å². The highest BCUT2D eigenvalue weighted by Crippen LogP contribution is 2.18. The van der Waals surface area contributed by atoms with Gasteiger partial charge in [0.05, 0.1) is 5.70 Å². The van der Waals surface area contributed by atoms with Crippen molar-refractivity contribution in [3.05, 3.63) is 24.0 Å². The zero-order chi connectivity index (χ0) is 12.1. The van der Waals surface area contributed by atoms with E-state index in [0.29, 0.717) is 12.1 Å². The first-order chi connectivity index (χ1) is 6.81. The minimum Gasteiger partial charge on any atom is -0.368 e. The Labute approximate surface area is 86.2 Å². The van der Waals surface area contributed by atoms with E-state index in [1.54, 1.807) is 0 Å². The molecule has 0 atom stereocenters. The second-order valence-corrected chi connectivity index (χ2v) is 2.94. The van der Waals surface area contributed by atoms with Crippen LogP contribution < -0.4 is 5.32 Å². The SMILES string of the molecule is C=CC(NC=O)=C(C)N(C)CC(F)(F)F. The molecular formula is C9H13F3N2O. The molecule has 0 fully saturated rings. The van der Waals surface area contributed by atoms with Crippen LogP contribution in [0, 0.1) is 0 Å². The molecule has 0 bridgehead atoms. The maximum Gasteiger partial charge on any atom is 0.405 e. The van der Waals surface area contributed by atoms with E-state index in [4.69, 9.17) is 0 Å². The second-order valence-electron chi connectivity index (χ2n) is 2.94. The number of halogens is 3. The van der Waals surface area contributed by atoms with Crippen LogP contribution >= 0.6 is 0 Å². The molecule has 1 amide bonds. The Balaban J connectivity index is 4.71. The van der Waals surface area contributed by atoms with Crippen LogP contribution in [0.25, 0.3) is 0 Å². The highest BCUT2D eigenvalue weighted by atomic mass is 19.4. The summed E-state index contributed by atoms with van der Waals surface area (Å²) in [5.41, 5.74) is 0.561. The minimum atomic E-state index is -4.27. The van der Waals surface area contributed by atoms with Crippen molar-refractivity contribution < 1.29 is 18.0 Å². The van der Waals surface area contributed by atoms with Gasteiger partial charge in [-0.25, -0.2) is 0 Å².